The molecule has 1 atom stereocenters. The van der Waals surface area contributed by atoms with E-state index in [0.717, 1.165) is 17.7 Å². The van der Waals surface area contributed by atoms with Crippen LogP contribution in [0.3, 0.4) is 0 Å². The molecule has 4 nitrogen and oxygen atoms in total. The smallest absolute Gasteiger partial charge is 0.313 e. The topological polar surface area (TPSA) is 78.3 Å². The summed E-state index contributed by atoms with van der Waals surface area (Å²) in [7, 11) is 0. The standard InChI is InChI=1S/C14H22N2O2/c1-3-18-13(17)14(2,10-15)9-8-11-6-4-5-7-12(11)16/h4-7H,3,8-10,15-16H2,1-2H3. The highest BCUT2D eigenvalue weighted by molar-refractivity contribution is 5.76. The number of carbonyl (C=O) groups excluding carboxylic acids is 1. The molecule has 0 aliphatic carbocycles. The highest BCUT2D eigenvalue weighted by Crippen LogP contribution is 2.25. The van der Waals surface area contributed by atoms with Gasteiger partial charge < -0.3 is 16.2 Å². The van der Waals surface area contributed by atoms with Crippen molar-refractivity contribution in [2.75, 3.05) is 18.9 Å². The lowest BCUT2D eigenvalue weighted by Crippen LogP contribution is -2.37. The van der Waals surface area contributed by atoms with Crippen molar-refractivity contribution < 1.29 is 9.53 Å². The molecule has 0 aromatic heterocycles. The van der Waals surface area contributed by atoms with Gasteiger partial charge in [-0.05, 0) is 38.3 Å². The van der Waals surface area contributed by atoms with E-state index in [-0.39, 0.29) is 12.5 Å². The van der Waals surface area contributed by atoms with Crippen LogP contribution in [-0.2, 0) is 16.0 Å². The van der Waals surface area contributed by atoms with Gasteiger partial charge in [0.05, 0.1) is 12.0 Å². The number of ether oxygens (including phenoxy) is 1. The Kier molecular flexibility index (Phi) is 5.16. The first-order valence-corrected chi connectivity index (χ1v) is 6.24. The van der Waals surface area contributed by atoms with E-state index in [0.29, 0.717) is 13.0 Å². The predicted molar refractivity (Wildman–Crippen MR) is 73.0 cm³/mol. The first kappa shape index (κ1) is 14.5. The van der Waals surface area contributed by atoms with Crippen LogP contribution in [0.4, 0.5) is 5.69 Å². The maximum Gasteiger partial charge on any atom is 0.313 e. The third-order valence-electron chi connectivity index (χ3n) is 3.22. The van der Waals surface area contributed by atoms with Crippen LogP contribution in [0.2, 0.25) is 0 Å². The molecule has 4 N–H and O–H groups in total. The highest BCUT2D eigenvalue weighted by atomic mass is 16.5. The van der Waals surface area contributed by atoms with E-state index in [1.165, 1.54) is 0 Å². The minimum absolute atomic E-state index is 0.234. The predicted octanol–water partition coefficient (Wildman–Crippen LogP) is 1.73. The Morgan fingerprint density at radius 1 is 1.39 bits per heavy atom. The zero-order chi connectivity index (χ0) is 13.6. The van der Waals surface area contributed by atoms with Gasteiger partial charge in [0.15, 0.2) is 0 Å². The second-order valence-corrected chi connectivity index (χ2v) is 4.68. The molecule has 100 valence electrons. The minimum atomic E-state index is -0.641. The van der Waals surface area contributed by atoms with Gasteiger partial charge in [-0.25, -0.2) is 0 Å². The number of nitrogen functional groups attached to an aromatic ring is 1. The molecule has 0 bridgehead atoms. The van der Waals surface area contributed by atoms with E-state index < -0.39 is 5.41 Å². The van der Waals surface area contributed by atoms with Crippen LogP contribution < -0.4 is 11.5 Å². The van der Waals surface area contributed by atoms with Crippen molar-refractivity contribution >= 4 is 11.7 Å². The molecule has 0 fully saturated rings. The number of carbonyl (C=O) groups is 1. The molecule has 0 aliphatic heterocycles. The first-order valence-electron chi connectivity index (χ1n) is 6.24. The number of para-hydroxylation sites is 1. The molecule has 0 saturated heterocycles. The van der Waals surface area contributed by atoms with Gasteiger partial charge in [-0.2, -0.15) is 0 Å². The SMILES string of the molecule is CCOC(=O)C(C)(CN)CCc1ccccc1N. The molecule has 18 heavy (non-hydrogen) atoms. The van der Waals surface area contributed by atoms with Gasteiger partial charge in [0, 0.05) is 12.2 Å². The number of aryl methyl sites for hydroxylation is 1. The van der Waals surface area contributed by atoms with Crippen molar-refractivity contribution in [2.24, 2.45) is 11.1 Å². The second kappa shape index (κ2) is 6.40. The molecule has 4 heteroatoms. The third-order valence-corrected chi connectivity index (χ3v) is 3.22. The van der Waals surface area contributed by atoms with Gasteiger partial charge in [-0.15, -0.1) is 0 Å². The molecule has 0 radical (unpaired) electrons. The summed E-state index contributed by atoms with van der Waals surface area (Å²) in [6.45, 7) is 4.29. The van der Waals surface area contributed by atoms with Crippen LogP contribution in [0.15, 0.2) is 24.3 Å². The quantitative estimate of drug-likeness (QED) is 0.595. The van der Waals surface area contributed by atoms with Gasteiger partial charge in [-0.1, -0.05) is 18.2 Å². The average Bonchev–Trinajstić information content (AvgIpc) is 2.37. The summed E-state index contributed by atoms with van der Waals surface area (Å²) in [6, 6.07) is 7.67. The van der Waals surface area contributed by atoms with E-state index in [2.05, 4.69) is 0 Å². The summed E-state index contributed by atoms with van der Waals surface area (Å²) >= 11 is 0. The Labute approximate surface area is 108 Å². The van der Waals surface area contributed by atoms with E-state index in [1.807, 2.05) is 31.2 Å². The van der Waals surface area contributed by atoms with E-state index in [4.69, 9.17) is 16.2 Å². The molecule has 0 heterocycles. The van der Waals surface area contributed by atoms with Crippen molar-refractivity contribution in [1.29, 1.82) is 0 Å². The molecular formula is C14H22N2O2. The fourth-order valence-corrected chi connectivity index (χ4v) is 1.77. The van der Waals surface area contributed by atoms with Gasteiger partial charge in [0.2, 0.25) is 0 Å². The molecule has 1 aromatic carbocycles. The van der Waals surface area contributed by atoms with Crippen molar-refractivity contribution in [3.05, 3.63) is 29.8 Å². The summed E-state index contributed by atoms with van der Waals surface area (Å²) in [5, 5.41) is 0. The Bertz CT molecular complexity index is 407. The number of anilines is 1. The lowest BCUT2D eigenvalue weighted by molar-refractivity contribution is -0.154. The Hall–Kier alpha value is -1.55. The summed E-state index contributed by atoms with van der Waals surface area (Å²) in [6.07, 6.45) is 1.36. The van der Waals surface area contributed by atoms with Crippen LogP contribution >= 0.6 is 0 Å². The molecule has 0 aliphatic rings. The maximum atomic E-state index is 11.9. The van der Waals surface area contributed by atoms with E-state index in [9.17, 15) is 4.79 Å². The second-order valence-electron chi connectivity index (χ2n) is 4.68. The van der Waals surface area contributed by atoms with Gasteiger partial charge in [0.25, 0.3) is 0 Å². The summed E-state index contributed by atoms with van der Waals surface area (Å²) in [4.78, 5) is 11.9. The fraction of sp³-hybridized carbons (Fsp3) is 0.500. The lowest BCUT2D eigenvalue weighted by atomic mass is 9.84. The van der Waals surface area contributed by atoms with Crippen LogP contribution in [-0.4, -0.2) is 19.1 Å². The number of nitrogens with two attached hydrogens (primary N) is 2. The van der Waals surface area contributed by atoms with Crippen LogP contribution in [0.1, 0.15) is 25.8 Å². The number of benzene rings is 1. The molecule has 1 unspecified atom stereocenters. The Morgan fingerprint density at radius 2 is 2.06 bits per heavy atom. The molecule has 0 saturated carbocycles. The summed E-state index contributed by atoms with van der Waals surface area (Å²) < 4.78 is 5.07. The number of hydrogen-bond donors (Lipinski definition) is 2. The fourth-order valence-electron chi connectivity index (χ4n) is 1.77. The zero-order valence-electron chi connectivity index (χ0n) is 11.1. The van der Waals surface area contributed by atoms with E-state index in [1.54, 1.807) is 6.92 Å². The Morgan fingerprint density at radius 3 is 2.61 bits per heavy atom. The van der Waals surface area contributed by atoms with Crippen molar-refractivity contribution in [2.45, 2.75) is 26.7 Å². The van der Waals surface area contributed by atoms with Gasteiger partial charge in [0.1, 0.15) is 0 Å². The van der Waals surface area contributed by atoms with Crippen LogP contribution in [0, 0.1) is 5.41 Å². The van der Waals surface area contributed by atoms with Crippen LogP contribution in [0.25, 0.3) is 0 Å². The summed E-state index contributed by atoms with van der Waals surface area (Å²) in [5.41, 5.74) is 12.7. The first-order chi connectivity index (χ1) is 8.53. The molecule has 0 amide bonds. The van der Waals surface area contributed by atoms with Crippen molar-refractivity contribution in [3.63, 3.8) is 0 Å². The van der Waals surface area contributed by atoms with Gasteiger partial charge >= 0.3 is 5.97 Å². The zero-order valence-corrected chi connectivity index (χ0v) is 11.1. The lowest BCUT2D eigenvalue weighted by Gasteiger charge is -2.25. The number of esters is 1. The van der Waals surface area contributed by atoms with Gasteiger partial charge in [-0.3, -0.25) is 4.79 Å². The van der Waals surface area contributed by atoms with Crippen molar-refractivity contribution in [3.8, 4) is 0 Å². The maximum absolute atomic E-state index is 11.9. The molecule has 1 rings (SSSR count). The van der Waals surface area contributed by atoms with E-state index >= 15 is 0 Å². The minimum Gasteiger partial charge on any atom is -0.466 e. The summed E-state index contributed by atoms with van der Waals surface area (Å²) in [5.74, 6) is -0.234. The normalized spacial score (nSPS) is 13.9. The molecular weight excluding hydrogens is 228 g/mol. The largest absolute Gasteiger partial charge is 0.466 e. The average molecular weight is 250 g/mol. The number of rotatable bonds is 6. The molecule has 0 spiro atoms. The number of hydrogen-bond acceptors (Lipinski definition) is 4. The van der Waals surface area contributed by atoms with Crippen LogP contribution in [0.5, 0.6) is 0 Å². The molecule has 1 aromatic rings. The third kappa shape index (κ3) is 3.47. The monoisotopic (exact) mass is 250 g/mol. The Balaban J connectivity index is 2.70. The highest BCUT2D eigenvalue weighted by Gasteiger charge is 2.32. The van der Waals surface area contributed by atoms with Crippen molar-refractivity contribution in [1.82, 2.24) is 0 Å².